The van der Waals surface area contributed by atoms with Gasteiger partial charge in [-0.3, -0.25) is 9.67 Å². The van der Waals surface area contributed by atoms with Crippen molar-refractivity contribution in [2.24, 2.45) is 0 Å². The average molecular weight is 302 g/mol. The van der Waals surface area contributed by atoms with Gasteiger partial charge in [0.1, 0.15) is 11.8 Å². The molecule has 1 N–H and O–H groups in total. The third-order valence-electron chi connectivity index (χ3n) is 2.72. The summed E-state index contributed by atoms with van der Waals surface area (Å²) < 4.78 is 6.83. The van der Waals surface area contributed by atoms with Crippen LogP contribution in [0, 0.1) is 0 Å². The van der Waals surface area contributed by atoms with E-state index in [1.807, 2.05) is 6.92 Å². The standard InChI is InChI=1S/C12H13Cl2N3O2/c1-3-17-11(9(19-2)6-16-17)12(18)10-8(14)4-7(13)5-15-10/h4-6,12,18H,3H2,1-2H3. The van der Waals surface area contributed by atoms with Gasteiger partial charge < -0.3 is 9.84 Å². The minimum atomic E-state index is -1.03. The second-order valence-electron chi connectivity index (χ2n) is 3.84. The van der Waals surface area contributed by atoms with Crippen molar-refractivity contribution in [3.63, 3.8) is 0 Å². The van der Waals surface area contributed by atoms with E-state index in [4.69, 9.17) is 27.9 Å². The van der Waals surface area contributed by atoms with Crippen LogP contribution in [-0.2, 0) is 6.54 Å². The monoisotopic (exact) mass is 301 g/mol. The Labute approximate surface area is 120 Å². The van der Waals surface area contributed by atoms with Gasteiger partial charge >= 0.3 is 0 Å². The topological polar surface area (TPSA) is 60.2 Å². The summed E-state index contributed by atoms with van der Waals surface area (Å²) in [4.78, 5) is 4.07. The van der Waals surface area contributed by atoms with Crippen LogP contribution in [-0.4, -0.2) is 27.0 Å². The number of ether oxygens (including phenoxy) is 1. The van der Waals surface area contributed by atoms with E-state index in [1.165, 1.54) is 19.4 Å². The molecule has 0 radical (unpaired) electrons. The molecular formula is C12H13Cl2N3O2. The molecule has 0 aliphatic heterocycles. The first kappa shape index (κ1) is 14.1. The number of halogens is 2. The predicted octanol–water partition coefficient (Wildman–Crippen LogP) is 2.70. The van der Waals surface area contributed by atoms with E-state index in [0.29, 0.717) is 33.7 Å². The van der Waals surface area contributed by atoms with Gasteiger partial charge in [-0.15, -0.1) is 0 Å². The highest BCUT2D eigenvalue weighted by molar-refractivity contribution is 6.34. The maximum absolute atomic E-state index is 10.4. The van der Waals surface area contributed by atoms with Crippen molar-refractivity contribution in [3.8, 4) is 5.75 Å². The van der Waals surface area contributed by atoms with E-state index in [9.17, 15) is 5.11 Å². The third-order valence-corrected chi connectivity index (χ3v) is 3.23. The number of aryl methyl sites for hydroxylation is 1. The lowest BCUT2D eigenvalue weighted by atomic mass is 10.1. The number of rotatable bonds is 4. The quantitative estimate of drug-likeness (QED) is 0.943. The smallest absolute Gasteiger partial charge is 0.163 e. The Morgan fingerprint density at radius 3 is 2.74 bits per heavy atom. The summed E-state index contributed by atoms with van der Waals surface area (Å²) in [7, 11) is 1.52. The van der Waals surface area contributed by atoms with Crippen LogP contribution >= 0.6 is 23.2 Å². The normalized spacial score (nSPS) is 12.5. The van der Waals surface area contributed by atoms with Crippen LogP contribution in [0.1, 0.15) is 24.4 Å². The molecule has 2 aromatic heterocycles. The lowest BCUT2D eigenvalue weighted by Gasteiger charge is -2.15. The number of hydrogen-bond acceptors (Lipinski definition) is 4. The van der Waals surface area contributed by atoms with Gasteiger partial charge in [0.2, 0.25) is 0 Å². The van der Waals surface area contributed by atoms with E-state index >= 15 is 0 Å². The molecule has 0 bridgehead atoms. The number of aromatic nitrogens is 3. The highest BCUT2D eigenvalue weighted by Crippen LogP contribution is 2.33. The van der Waals surface area contributed by atoms with Crippen molar-refractivity contribution < 1.29 is 9.84 Å². The van der Waals surface area contributed by atoms with Crippen LogP contribution in [0.25, 0.3) is 0 Å². The van der Waals surface area contributed by atoms with Gasteiger partial charge in [0.25, 0.3) is 0 Å². The Morgan fingerprint density at radius 2 is 2.16 bits per heavy atom. The molecule has 2 rings (SSSR count). The van der Waals surface area contributed by atoms with Gasteiger partial charge in [0.15, 0.2) is 5.75 Å². The molecule has 19 heavy (non-hydrogen) atoms. The molecule has 1 atom stereocenters. The maximum atomic E-state index is 10.4. The lowest BCUT2D eigenvalue weighted by Crippen LogP contribution is -2.12. The summed E-state index contributed by atoms with van der Waals surface area (Å²) in [5.74, 6) is 0.488. The second kappa shape index (κ2) is 5.77. The van der Waals surface area contributed by atoms with Crippen LogP contribution in [0.2, 0.25) is 10.0 Å². The van der Waals surface area contributed by atoms with Crippen LogP contribution < -0.4 is 4.74 Å². The van der Waals surface area contributed by atoms with Crippen molar-refractivity contribution >= 4 is 23.2 Å². The minimum Gasteiger partial charge on any atom is -0.493 e. The molecule has 0 amide bonds. The van der Waals surface area contributed by atoms with Gasteiger partial charge in [-0.2, -0.15) is 5.10 Å². The highest BCUT2D eigenvalue weighted by Gasteiger charge is 2.24. The van der Waals surface area contributed by atoms with Crippen molar-refractivity contribution in [1.29, 1.82) is 0 Å². The van der Waals surface area contributed by atoms with Gasteiger partial charge in [-0.25, -0.2) is 0 Å². The van der Waals surface area contributed by atoms with Crippen LogP contribution in [0.15, 0.2) is 18.5 Å². The van der Waals surface area contributed by atoms with Crippen molar-refractivity contribution in [3.05, 3.63) is 39.9 Å². The average Bonchev–Trinajstić information content (AvgIpc) is 2.80. The molecule has 7 heteroatoms. The number of pyridine rings is 1. The fourth-order valence-corrected chi connectivity index (χ4v) is 2.30. The molecule has 1 unspecified atom stereocenters. The molecule has 5 nitrogen and oxygen atoms in total. The predicted molar refractivity (Wildman–Crippen MR) is 72.8 cm³/mol. The Balaban J connectivity index is 2.48. The molecule has 102 valence electrons. The Kier molecular flexibility index (Phi) is 4.29. The van der Waals surface area contributed by atoms with E-state index < -0.39 is 6.10 Å². The molecule has 0 aliphatic carbocycles. The molecule has 0 aliphatic rings. The summed E-state index contributed by atoms with van der Waals surface area (Å²) in [5.41, 5.74) is 0.835. The third kappa shape index (κ3) is 2.68. The first-order valence-corrected chi connectivity index (χ1v) is 6.42. The Bertz CT molecular complexity index is 565. The molecule has 0 saturated heterocycles. The highest BCUT2D eigenvalue weighted by atomic mass is 35.5. The molecule has 2 aromatic rings. The number of methoxy groups -OCH3 is 1. The summed E-state index contributed by atoms with van der Waals surface area (Å²) >= 11 is 11.8. The van der Waals surface area contributed by atoms with Crippen LogP contribution in [0.3, 0.4) is 0 Å². The fraction of sp³-hybridized carbons (Fsp3) is 0.333. The maximum Gasteiger partial charge on any atom is 0.163 e. The number of aliphatic hydroxyl groups is 1. The van der Waals surface area contributed by atoms with Crippen molar-refractivity contribution in [2.45, 2.75) is 19.6 Å². The molecular weight excluding hydrogens is 289 g/mol. The van der Waals surface area contributed by atoms with E-state index in [-0.39, 0.29) is 0 Å². The molecule has 0 saturated carbocycles. The van der Waals surface area contributed by atoms with Crippen LogP contribution in [0.5, 0.6) is 5.75 Å². The fourth-order valence-electron chi connectivity index (χ4n) is 1.82. The van der Waals surface area contributed by atoms with E-state index in [1.54, 1.807) is 10.9 Å². The van der Waals surface area contributed by atoms with Crippen molar-refractivity contribution in [1.82, 2.24) is 14.8 Å². The summed E-state index contributed by atoms with van der Waals surface area (Å²) in [6.45, 7) is 2.51. The zero-order valence-electron chi connectivity index (χ0n) is 10.5. The van der Waals surface area contributed by atoms with Crippen molar-refractivity contribution in [2.75, 3.05) is 7.11 Å². The summed E-state index contributed by atoms with van der Waals surface area (Å²) in [6, 6.07) is 1.54. The number of nitrogens with zero attached hydrogens (tertiary/aromatic N) is 3. The number of aliphatic hydroxyl groups excluding tert-OH is 1. The number of hydrogen-bond donors (Lipinski definition) is 1. The minimum absolute atomic E-state index is 0.297. The largest absolute Gasteiger partial charge is 0.493 e. The van der Waals surface area contributed by atoms with E-state index in [2.05, 4.69) is 10.1 Å². The van der Waals surface area contributed by atoms with Gasteiger partial charge in [0.05, 0.1) is 29.0 Å². The van der Waals surface area contributed by atoms with Gasteiger partial charge in [-0.05, 0) is 13.0 Å². The summed E-state index contributed by atoms with van der Waals surface area (Å²) in [5, 5.41) is 15.3. The van der Waals surface area contributed by atoms with Gasteiger partial charge in [-0.1, -0.05) is 23.2 Å². The Hall–Kier alpha value is -1.30. The summed E-state index contributed by atoms with van der Waals surface area (Å²) in [6.07, 6.45) is 1.96. The first-order valence-electron chi connectivity index (χ1n) is 5.67. The zero-order chi connectivity index (χ0) is 14.0. The molecule has 0 fully saturated rings. The molecule has 2 heterocycles. The van der Waals surface area contributed by atoms with Crippen LogP contribution in [0.4, 0.5) is 0 Å². The SMILES string of the molecule is CCn1ncc(OC)c1C(O)c1ncc(Cl)cc1Cl. The van der Waals surface area contributed by atoms with Gasteiger partial charge in [0, 0.05) is 12.7 Å². The second-order valence-corrected chi connectivity index (χ2v) is 4.68. The first-order chi connectivity index (χ1) is 9.08. The molecule has 0 spiro atoms. The Morgan fingerprint density at radius 1 is 1.42 bits per heavy atom. The lowest BCUT2D eigenvalue weighted by molar-refractivity contribution is 0.198. The van der Waals surface area contributed by atoms with E-state index in [0.717, 1.165) is 0 Å². The zero-order valence-corrected chi connectivity index (χ0v) is 12.0. The molecule has 0 aromatic carbocycles.